The first-order valence-electron chi connectivity index (χ1n) is 3.93. The van der Waals surface area contributed by atoms with Crippen molar-refractivity contribution in [1.29, 1.82) is 0 Å². The van der Waals surface area contributed by atoms with E-state index in [4.69, 9.17) is 13.0 Å². The molecule has 0 bridgehead atoms. The van der Waals surface area contributed by atoms with E-state index in [-0.39, 0.29) is 0 Å². The summed E-state index contributed by atoms with van der Waals surface area (Å²) in [5.41, 5.74) is -11.0. The highest BCUT2D eigenvalue weighted by Gasteiger charge is 2.48. The lowest BCUT2D eigenvalue weighted by Crippen LogP contribution is -2.26. The predicted molar refractivity (Wildman–Crippen MR) is 50.0 cm³/mol. The second kappa shape index (κ2) is 6.57. The molecule has 15 heteroatoms. The van der Waals surface area contributed by atoms with E-state index >= 15 is 0 Å². The van der Waals surface area contributed by atoms with E-state index in [1.165, 1.54) is 14.1 Å². The van der Waals surface area contributed by atoms with Gasteiger partial charge in [0, 0.05) is 0 Å². The monoisotopic (exact) mass is 355 g/mol. The fraction of sp³-hybridized carbons (Fsp3) is 0.800. The van der Waals surface area contributed by atoms with Gasteiger partial charge >= 0.3 is 27.5 Å². The van der Waals surface area contributed by atoms with Gasteiger partial charge in [0.1, 0.15) is 14.1 Å². The molecule has 0 fully saturated rings. The van der Waals surface area contributed by atoms with Crippen molar-refractivity contribution in [3.05, 3.63) is 0 Å². The van der Waals surface area contributed by atoms with E-state index in [2.05, 4.69) is 4.18 Å². The number of hydrogen-bond donors (Lipinski definition) is 0. The standard InChI is InChI=1S/C4H7F3NO3S.CHF3O3S/c1-8(2)3-11-12(9,10)4(5,6)7;2-1(3,4)8(5,6)7/h3H,1-2H3;(H,5,6,7)/q+1;/p-1. The van der Waals surface area contributed by atoms with Gasteiger partial charge in [-0.25, -0.2) is 13.0 Å². The van der Waals surface area contributed by atoms with Crippen molar-refractivity contribution >= 4 is 26.6 Å². The summed E-state index contributed by atoms with van der Waals surface area (Å²) in [4.78, 5) is 0. The molecule has 0 aromatic rings. The average molecular weight is 355 g/mol. The van der Waals surface area contributed by atoms with Gasteiger partial charge in [0.05, 0.1) is 0 Å². The molecule has 122 valence electrons. The summed E-state index contributed by atoms with van der Waals surface area (Å²) in [5.74, 6) is 0. The van der Waals surface area contributed by atoms with Crippen LogP contribution in [0.15, 0.2) is 0 Å². The van der Waals surface area contributed by atoms with Gasteiger partial charge in [-0.05, 0) is 0 Å². The second-order valence-corrected chi connectivity index (χ2v) is 5.90. The Morgan fingerprint density at radius 2 is 1.25 bits per heavy atom. The first-order chi connectivity index (χ1) is 8.42. The molecule has 0 radical (unpaired) electrons. The van der Waals surface area contributed by atoms with Gasteiger partial charge in [0.15, 0.2) is 10.1 Å². The molecule has 0 spiro atoms. The molecule has 0 aliphatic carbocycles. The van der Waals surface area contributed by atoms with Gasteiger partial charge < -0.3 is 8.74 Å². The minimum atomic E-state index is -6.09. The summed E-state index contributed by atoms with van der Waals surface area (Å²) in [5, 5.41) is 0. The van der Waals surface area contributed by atoms with E-state index in [1.807, 2.05) is 0 Å². The molecule has 0 heterocycles. The topological polar surface area (TPSA) is 104 Å². The molecular weight excluding hydrogens is 348 g/mol. The highest BCUT2D eigenvalue weighted by Crippen LogP contribution is 2.23. The highest BCUT2D eigenvalue weighted by molar-refractivity contribution is 7.88. The maximum atomic E-state index is 11.5. The van der Waals surface area contributed by atoms with Crippen molar-refractivity contribution in [1.82, 2.24) is 0 Å². The van der Waals surface area contributed by atoms with Crippen LogP contribution < -0.4 is 0 Å². The number of rotatable bonds is 2. The van der Waals surface area contributed by atoms with Crippen LogP contribution in [0.1, 0.15) is 0 Å². The van der Waals surface area contributed by atoms with Gasteiger partial charge in [-0.15, -0.1) is 0 Å². The van der Waals surface area contributed by atoms with Crippen LogP contribution in [-0.2, 0) is 24.4 Å². The molecule has 20 heavy (non-hydrogen) atoms. The first kappa shape index (κ1) is 21.2. The Kier molecular flexibility index (Phi) is 6.97. The third-order valence-electron chi connectivity index (χ3n) is 0.947. The molecule has 0 saturated carbocycles. The Morgan fingerprint density at radius 1 is 0.950 bits per heavy atom. The minimum Gasteiger partial charge on any atom is -0.741 e. The third-order valence-corrected chi connectivity index (χ3v) is 2.42. The lowest BCUT2D eigenvalue weighted by molar-refractivity contribution is -0.466. The van der Waals surface area contributed by atoms with Crippen LogP contribution in [0.25, 0.3) is 0 Å². The summed E-state index contributed by atoms with van der Waals surface area (Å²) in [7, 11) is -8.93. The Morgan fingerprint density at radius 3 is 1.40 bits per heavy atom. The molecule has 0 unspecified atom stereocenters. The summed E-state index contributed by atoms with van der Waals surface area (Å²) >= 11 is 0. The van der Waals surface area contributed by atoms with Crippen molar-refractivity contribution in [3.8, 4) is 0 Å². The van der Waals surface area contributed by atoms with Crippen LogP contribution >= 0.6 is 0 Å². The van der Waals surface area contributed by atoms with Crippen LogP contribution in [0, 0.1) is 0 Å². The van der Waals surface area contributed by atoms with E-state index in [0.717, 1.165) is 4.58 Å². The highest BCUT2D eigenvalue weighted by atomic mass is 32.2. The van der Waals surface area contributed by atoms with Gasteiger partial charge in [-0.1, -0.05) is 0 Å². The Labute approximate surface area is 109 Å². The average Bonchev–Trinajstić information content (AvgIpc) is 2.10. The molecule has 0 aromatic heterocycles. The first-order valence-corrected chi connectivity index (χ1v) is 6.75. The van der Waals surface area contributed by atoms with Crippen LogP contribution in [-0.4, -0.2) is 57.5 Å². The molecule has 0 atom stereocenters. The molecule has 7 nitrogen and oxygen atoms in total. The SMILES string of the molecule is C[N+](C)=COS(=O)(=O)C(F)(F)F.O=S(=O)([O-])C(F)(F)F. The van der Waals surface area contributed by atoms with Gasteiger partial charge in [0.2, 0.25) is 0 Å². The van der Waals surface area contributed by atoms with Crippen molar-refractivity contribution in [2.45, 2.75) is 11.0 Å². The molecule has 0 aromatic carbocycles. The number of hydrogen-bond acceptors (Lipinski definition) is 6. The summed E-state index contributed by atoms with van der Waals surface area (Å²) in [6, 6.07) is 0. The van der Waals surface area contributed by atoms with E-state index in [0.29, 0.717) is 6.40 Å². The van der Waals surface area contributed by atoms with Gasteiger partial charge in [-0.3, -0.25) is 0 Å². The lowest BCUT2D eigenvalue weighted by atomic mass is 11.1. The van der Waals surface area contributed by atoms with Crippen molar-refractivity contribution in [2.24, 2.45) is 0 Å². The Bertz CT molecular complexity index is 539. The second-order valence-electron chi connectivity index (χ2n) is 2.96. The van der Waals surface area contributed by atoms with Gasteiger partial charge in [0.25, 0.3) is 0 Å². The molecule has 0 N–H and O–H groups in total. The largest absolute Gasteiger partial charge is 0.741 e. The van der Waals surface area contributed by atoms with Gasteiger partial charge in [-0.2, -0.15) is 34.8 Å². The maximum absolute atomic E-state index is 11.5. The normalized spacial score (nSPS) is 13.1. The fourth-order valence-electron chi connectivity index (χ4n) is 0.197. The quantitative estimate of drug-likeness (QED) is 0.133. The van der Waals surface area contributed by atoms with E-state index < -0.39 is 31.3 Å². The molecular formula is C5H7F6NO6S2. The fourth-order valence-corrected chi connectivity index (χ4v) is 0.592. The Hall–Kier alpha value is -1.09. The van der Waals surface area contributed by atoms with Crippen LogP contribution in [0.4, 0.5) is 26.3 Å². The molecule has 0 aliphatic rings. The zero-order valence-corrected chi connectivity index (χ0v) is 11.2. The zero-order valence-electron chi connectivity index (χ0n) is 9.56. The summed E-state index contributed by atoms with van der Waals surface area (Å²) in [6.45, 7) is 0. The van der Waals surface area contributed by atoms with E-state index in [9.17, 15) is 34.8 Å². The van der Waals surface area contributed by atoms with Crippen LogP contribution in [0.2, 0.25) is 0 Å². The minimum absolute atomic E-state index is 0.447. The summed E-state index contributed by atoms with van der Waals surface area (Å²) in [6.07, 6.45) is 0.447. The molecule has 0 rings (SSSR count). The molecule has 0 saturated heterocycles. The van der Waals surface area contributed by atoms with Crippen LogP contribution in [0.3, 0.4) is 0 Å². The molecule has 0 aliphatic heterocycles. The summed E-state index contributed by atoms with van der Waals surface area (Å²) < 4.78 is 118. The van der Waals surface area contributed by atoms with Crippen molar-refractivity contribution in [2.75, 3.05) is 14.1 Å². The number of halogens is 6. The predicted octanol–water partition coefficient (Wildman–Crippen LogP) is 0.204. The zero-order chi connectivity index (χ0) is 17.0. The van der Waals surface area contributed by atoms with Crippen molar-refractivity contribution < 1.29 is 56.5 Å². The Balaban J connectivity index is 0. The maximum Gasteiger partial charge on any atom is 0.534 e. The number of nitrogens with zero attached hydrogens (tertiary/aromatic N) is 1. The number of alkyl halides is 6. The molecule has 0 amide bonds. The smallest absolute Gasteiger partial charge is 0.534 e. The van der Waals surface area contributed by atoms with Crippen molar-refractivity contribution in [3.63, 3.8) is 0 Å². The van der Waals surface area contributed by atoms with Crippen LogP contribution in [0.5, 0.6) is 0 Å². The van der Waals surface area contributed by atoms with E-state index in [1.54, 1.807) is 0 Å². The lowest BCUT2D eigenvalue weighted by Gasteiger charge is -2.08. The third kappa shape index (κ3) is 8.16.